The lowest BCUT2D eigenvalue weighted by Crippen LogP contribution is -2.34. The van der Waals surface area contributed by atoms with Crippen molar-refractivity contribution >= 4 is 40.4 Å². The summed E-state index contributed by atoms with van der Waals surface area (Å²) in [6, 6.07) is 13.1. The minimum absolute atomic E-state index is 0.0571. The van der Waals surface area contributed by atoms with Crippen LogP contribution in [0.25, 0.3) is 0 Å². The van der Waals surface area contributed by atoms with Crippen LogP contribution in [0.2, 0.25) is 0 Å². The van der Waals surface area contributed by atoms with Crippen molar-refractivity contribution in [1.29, 1.82) is 0 Å². The van der Waals surface area contributed by atoms with Gasteiger partial charge >= 0.3 is 11.0 Å². The van der Waals surface area contributed by atoms with E-state index in [1.165, 1.54) is 52.9 Å². The Labute approximate surface area is 227 Å². The summed E-state index contributed by atoms with van der Waals surface area (Å²) in [6.07, 6.45) is -0.866. The minimum Gasteiger partial charge on any atom is -0.378 e. The molecule has 0 spiro atoms. The third-order valence-electron chi connectivity index (χ3n) is 8.23. The fourth-order valence-electron chi connectivity index (χ4n) is 6.56. The first-order chi connectivity index (χ1) is 18.1. The van der Waals surface area contributed by atoms with Crippen molar-refractivity contribution in [2.45, 2.75) is 48.2 Å². The number of hydrogen-bond donors (Lipinski definition) is 1. The highest BCUT2D eigenvalue weighted by Gasteiger charge is 2.55. The van der Waals surface area contributed by atoms with Crippen LogP contribution < -0.4 is 15.1 Å². The molecule has 5 nitrogen and oxygen atoms in total. The topological polar surface area (TPSA) is 54.3 Å². The van der Waals surface area contributed by atoms with E-state index >= 15 is 0 Å². The van der Waals surface area contributed by atoms with Crippen molar-refractivity contribution in [2.75, 3.05) is 24.3 Å². The predicted molar refractivity (Wildman–Crippen MR) is 145 cm³/mol. The Morgan fingerprint density at radius 3 is 2.55 bits per heavy atom. The molecule has 2 heterocycles. The van der Waals surface area contributed by atoms with Gasteiger partial charge in [0.1, 0.15) is 6.54 Å². The maximum absolute atomic E-state index is 13.2. The molecule has 38 heavy (non-hydrogen) atoms. The molecule has 3 aliphatic rings. The van der Waals surface area contributed by atoms with Gasteiger partial charge in [-0.05, 0) is 72.9 Å². The second kappa shape index (κ2) is 9.48. The number of hydrogen-bond acceptors (Lipinski definition) is 5. The lowest BCUT2D eigenvalue weighted by molar-refractivity contribution is -0.137. The number of halogens is 3. The Balaban J connectivity index is 1.32. The Morgan fingerprint density at radius 1 is 1.11 bits per heavy atom. The van der Waals surface area contributed by atoms with Crippen LogP contribution in [0.5, 0.6) is 0 Å². The molecule has 1 aromatic heterocycles. The van der Waals surface area contributed by atoms with Gasteiger partial charge in [0, 0.05) is 41.5 Å². The maximum Gasteiger partial charge on any atom is 0.416 e. The number of fused-ring (bicyclic) bond motifs is 6. The molecule has 10 heteroatoms. The second-order valence-electron chi connectivity index (χ2n) is 10.7. The van der Waals surface area contributed by atoms with Crippen LogP contribution in [0.3, 0.4) is 0 Å². The average Bonchev–Trinajstić information content (AvgIpc) is 3.57. The Hall–Kier alpha value is -2.72. The molecule has 1 N–H and O–H groups in total. The third-order valence-corrected chi connectivity index (χ3v) is 11.1. The van der Waals surface area contributed by atoms with Gasteiger partial charge in [0.25, 0.3) is 0 Å². The van der Waals surface area contributed by atoms with Crippen molar-refractivity contribution in [3.63, 3.8) is 0 Å². The Morgan fingerprint density at radius 2 is 1.84 bits per heavy atom. The number of carbonyl (C=O) groups is 1. The monoisotopic (exact) mass is 559 g/mol. The van der Waals surface area contributed by atoms with Crippen molar-refractivity contribution in [1.82, 2.24) is 4.57 Å². The number of alkyl halides is 3. The number of amides is 1. The fourth-order valence-corrected chi connectivity index (χ4v) is 9.71. The molecule has 0 radical (unpaired) electrons. The third kappa shape index (κ3) is 4.45. The first-order valence-corrected chi connectivity index (χ1v) is 14.4. The molecule has 200 valence electrons. The zero-order chi connectivity index (χ0) is 26.8. The van der Waals surface area contributed by atoms with Gasteiger partial charge in [0.15, 0.2) is 0 Å². The molecule has 2 aliphatic carbocycles. The highest BCUT2D eigenvalue weighted by atomic mass is 32.2. The van der Waals surface area contributed by atoms with E-state index in [0.29, 0.717) is 23.0 Å². The van der Waals surface area contributed by atoms with Crippen LogP contribution in [-0.4, -0.2) is 29.8 Å². The van der Waals surface area contributed by atoms with Crippen molar-refractivity contribution in [2.24, 2.45) is 17.8 Å². The van der Waals surface area contributed by atoms with Crippen LogP contribution in [-0.2, 0) is 17.5 Å². The van der Waals surface area contributed by atoms with Gasteiger partial charge < -0.3 is 10.2 Å². The predicted octanol–water partition coefficient (Wildman–Crippen LogP) is 6.29. The van der Waals surface area contributed by atoms with E-state index < -0.39 is 17.6 Å². The van der Waals surface area contributed by atoms with E-state index in [9.17, 15) is 22.8 Å². The number of nitrogens with one attached hydrogen (secondary N) is 1. The number of benzene rings is 2. The highest BCUT2D eigenvalue weighted by molar-refractivity contribution is 8.00. The van der Waals surface area contributed by atoms with Crippen LogP contribution in [0.15, 0.2) is 58.4 Å². The largest absolute Gasteiger partial charge is 0.416 e. The van der Waals surface area contributed by atoms with E-state index in [2.05, 4.69) is 34.5 Å². The molecule has 5 atom stereocenters. The molecule has 3 aromatic rings. The van der Waals surface area contributed by atoms with E-state index in [1.807, 2.05) is 14.1 Å². The zero-order valence-corrected chi connectivity index (χ0v) is 22.6. The lowest BCUT2D eigenvalue weighted by Gasteiger charge is -2.40. The van der Waals surface area contributed by atoms with Gasteiger partial charge in [-0.3, -0.25) is 14.2 Å². The number of rotatable bonds is 5. The molecule has 2 saturated carbocycles. The first kappa shape index (κ1) is 25.6. The SMILES string of the molecule is CN(C)c1ccc([C@H]2c3sc(=O)n(CC(=O)Nc4cccc(C(F)(F)F)c4)c3SC3C4CCC(C4)C32)cc1. The van der Waals surface area contributed by atoms with Crippen LogP contribution in [0.1, 0.15) is 41.2 Å². The number of carbonyl (C=O) groups excluding carboxylic acids is 1. The molecule has 2 bridgehead atoms. The number of thioether (sulfide) groups is 1. The summed E-state index contributed by atoms with van der Waals surface area (Å²) in [6.45, 7) is -0.230. The van der Waals surface area contributed by atoms with Crippen LogP contribution >= 0.6 is 23.1 Å². The maximum atomic E-state index is 13.2. The van der Waals surface area contributed by atoms with Crippen molar-refractivity contribution < 1.29 is 18.0 Å². The van der Waals surface area contributed by atoms with Gasteiger partial charge in [-0.15, -0.1) is 11.8 Å². The van der Waals surface area contributed by atoms with Crippen LogP contribution in [0, 0.1) is 17.8 Å². The smallest absolute Gasteiger partial charge is 0.378 e. The van der Waals surface area contributed by atoms with E-state index in [4.69, 9.17) is 0 Å². The molecule has 2 fully saturated rings. The summed E-state index contributed by atoms with van der Waals surface area (Å²) in [5, 5.41) is 3.79. The number of aromatic nitrogens is 1. The van der Waals surface area contributed by atoms with E-state index in [-0.39, 0.29) is 23.0 Å². The van der Waals surface area contributed by atoms with Gasteiger partial charge in [-0.25, -0.2) is 0 Å². The standard InChI is InChI=1S/C28H28F3N3O2S2/c1-33(2)20-10-8-15(9-11-20)22-23-16-6-7-17(12-16)24(23)37-26-25(22)38-27(36)34(26)14-21(35)32-19-5-3-4-18(13-19)28(29,30)31/h3-5,8-11,13,16-17,22-24H,6-7,12,14H2,1-2H3,(H,32,35)/t16?,17?,22-,23?,24?/m1/s1. The highest BCUT2D eigenvalue weighted by Crippen LogP contribution is 2.64. The molecular weight excluding hydrogens is 531 g/mol. The lowest BCUT2D eigenvalue weighted by atomic mass is 9.75. The van der Waals surface area contributed by atoms with Crippen LogP contribution in [0.4, 0.5) is 24.5 Å². The zero-order valence-electron chi connectivity index (χ0n) is 21.0. The summed E-state index contributed by atoms with van der Waals surface area (Å²) >= 11 is 2.94. The number of anilines is 2. The summed E-state index contributed by atoms with van der Waals surface area (Å²) < 4.78 is 40.8. The first-order valence-electron chi connectivity index (χ1n) is 12.7. The summed E-state index contributed by atoms with van der Waals surface area (Å²) in [4.78, 5) is 29.0. The molecule has 6 rings (SSSR count). The van der Waals surface area contributed by atoms with Crippen molar-refractivity contribution in [3.05, 3.63) is 74.2 Å². The van der Waals surface area contributed by atoms with Gasteiger partial charge in [0.05, 0.1) is 10.6 Å². The molecule has 2 aromatic carbocycles. The molecule has 4 unspecified atom stereocenters. The van der Waals surface area contributed by atoms with Crippen molar-refractivity contribution in [3.8, 4) is 0 Å². The Bertz CT molecular complexity index is 1430. The Kier molecular flexibility index (Phi) is 6.38. The fraction of sp³-hybridized carbons (Fsp3) is 0.429. The van der Waals surface area contributed by atoms with Gasteiger partial charge in [-0.2, -0.15) is 13.2 Å². The quantitative estimate of drug-likeness (QED) is 0.400. The molecule has 1 aliphatic heterocycles. The van der Waals surface area contributed by atoms with Gasteiger partial charge in [-0.1, -0.05) is 29.5 Å². The van der Waals surface area contributed by atoms with E-state index in [1.54, 1.807) is 11.8 Å². The number of thiazole rings is 1. The minimum atomic E-state index is -4.50. The molecule has 0 saturated heterocycles. The summed E-state index contributed by atoms with van der Waals surface area (Å²) in [7, 11) is 4.01. The summed E-state index contributed by atoms with van der Waals surface area (Å²) in [5.74, 6) is 1.29. The number of nitrogens with zero attached hydrogens (tertiary/aromatic N) is 2. The molecular formula is C28H28F3N3O2S2. The second-order valence-corrected chi connectivity index (χ2v) is 12.9. The van der Waals surface area contributed by atoms with E-state index in [0.717, 1.165) is 27.7 Å². The molecule has 1 amide bonds. The summed E-state index contributed by atoms with van der Waals surface area (Å²) in [5.41, 5.74) is 1.53. The average molecular weight is 560 g/mol. The van der Waals surface area contributed by atoms with Gasteiger partial charge in [0.2, 0.25) is 5.91 Å². The normalized spacial score (nSPS) is 25.7.